The molecule has 0 aliphatic carbocycles. The van der Waals surface area contributed by atoms with Crippen molar-refractivity contribution in [3.63, 3.8) is 0 Å². The number of rotatable bonds is 9. The number of nitrogen functional groups attached to an aromatic ring is 1. The fourth-order valence-corrected chi connectivity index (χ4v) is 4.89. The first-order chi connectivity index (χ1) is 18.3. The van der Waals surface area contributed by atoms with E-state index in [1.54, 1.807) is 31.2 Å². The van der Waals surface area contributed by atoms with Gasteiger partial charge >= 0.3 is 0 Å². The molecule has 0 amide bonds. The quantitative estimate of drug-likeness (QED) is 0.261. The third kappa shape index (κ3) is 5.84. The second-order valence-corrected chi connectivity index (χ2v) is 9.51. The molecule has 4 rings (SSSR count). The molecule has 1 atom stereocenters. The van der Waals surface area contributed by atoms with Crippen molar-refractivity contribution in [2.75, 3.05) is 12.3 Å². The van der Waals surface area contributed by atoms with Gasteiger partial charge in [0, 0.05) is 16.9 Å². The van der Waals surface area contributed by atoms with Crippen LogP contribution in [0.2, 0.25) is 0 Å². The molecule has 0 saturated heterocycles. The molecule has 4 aromatic rings. The Morgan fingerprint density at radius 2 is 1.82 bits per heavy atom. The first-order valence-electron chi connectivity index (χ1n) is 11.7. The van der Waals surface area contributed by atoms with Crippen LogP contribution in [0.5, 0.6) is 0 Å². The number of nitrogens with two attached hydrogens (primary N) is 1. The summed E-state index contributed by atoms with van der Waals surface area (Å²) in [5.74, 6) is 0.769. The zero-order valence-electron chi connectivity index (χ0n) is 20.5. The Balaban J connectivity index is 1.63. The number of hydrogen-bond donors (Lipinski definition) is 3. The predicted molar refractivity (Wildman–Crippen MR) is 141 cm³/mol. The van der Waals surface area contributed by atoms with E-state index in [0.717, 1.165) is 5.56 Å². The summed E-state index contributed by atoms with van der Waals surface area (Å²) < 4.78 is 19.4. The fraction of sp³-hybridized carbons (Fsp3) is 0.214. The zero-order chi connectivity index (χ0) is 27.2. The average molecular weight is 530 g/mol. The lowest BCUT2D eigenvalue weighted by Gasteiger charge is -2.13. The molecule has 8 nitrogen and oxygen atoms in total. The van der Waals surface area contributed by atoms with Gasteiger partial charge in [-0.15, -0.1) is 0 Å². The van der Waals surface area contributed by atoms with Gasteiger partial charge in [0.2, 0.25) is 5.89 Å². The molecule has 0 aliphatic heterocycles. The number of aryl methyl sites for hydroxylation is 2. The highest BCUT2D eigenvalue weighted by atomic mass is 32.2. The maximum absolute atomic E-state index is 13.6. The number of aliphatic hydroxyl groups excluding tert-OH is 2. The maximum Gasteiger partial charge on any atom is 0.226 e. The number of aromatic nitrogens is 2. The van der Waals surface area contributed by atoms with Crippen LogP contribution in [-0.4, -0.2) is 32.9 Å². The van der Waals surface area contributed by atoms with Crippen molar-refractivity contribution in [3.8, 4) is 34.7 Å². The summed E-state index contributed by atoms with van der Waals surface area (Å²) in [4.78, 5) is 8.83. The zero-order valence-corrected chi connectivity index (χ0v) is 21.3. The number of hydrogen-bond acceptors (Lipinski definition) is 9. The molecular weight excluding hydrogens is 505 g/mol. The van der Waals surface area contributed by atoms with Gasteiger partial charge in [-0.2, -0.15) is 10.5 Å². The van der Waals surface area contributed by atoms with Gasteiger partial charge in [-0.1, -0.05) is 42.1 Å². The molecule has 0 aliphatic rings. The second kappa shape index (κ2) is 11.9. The van der Waals surface area contributed by atoms with Gasteiger partial charge in [0.1, 0.15) is 40.1 Å². The Hall–Kier alpha value is -4.22. The minimum atomic E-state index is -0.789. The van der Waals surface area contributed by atoms with Crippen molar-refractivity contribution in [1.29, 1.82) is 10.5 Å². The van der Waals surface area contributed by atoms with Gasteiger partial charge in [-0.05, 0) is 49.1 Å². The van der Waals surface area contributed by atoms with E-state index in [0.29, 0.717) is 51.8 Å². The minimum Gasteiger partial charge on any atom is -0.441 e. The predicted octanol–water partition coefficient (Wildman–Crippen LogP) is 4.75. The molecule has 2 heterocycles. The van der Waals surface area contributed by atoms with Crippen LogP contribution in [-0.2, 0) is 12.2 Å². The number of aliphatic hydroxyl groups is 2. The Bertz CT molecular complexity index is 1540. The van der Waals surface area contributed by atoms with Crippen LogP contribution in [0.3, 0.4) is 0 Å². The van der Waals surface area contributed by atoms with Crippen LogP contribution in [0.1, 0.15) is 34.6 Å². The normalized spacial score (nSPS) is 11.6. The molecule has 0 radical (unpaired) electrons. The molecule has 0 unspecified atom stereocenters. The lowest BCUT2D eigenvalue weighted by molar-refractivity contribution is 0.0886. The SMILES string of the molecule is Cc1oc(-c2cccc(F)c2)nc1CSc1nc(N)c(C#N)c(-c2ccc(CC[C@H](O)CO)cc2)c1C#N. The molecule has 0 fully saturated rings. The first kappa shape index (κ1) is 26.8. The van der Waals surface area contributed by atoms with Crippen LogP contribution in [0.15, 0.2) is 58.0 Å². The number of nitrogens with zero attached hydrogens (tertiary/aromatic N) is 4. The van der Waals surface area contributed by atoms with Crippen LogP contribution < -0.4 is 5.73 Å². The van der Waals surface area contributed by atoms with Crippen LogP contribution in [0, 0.1) is 35.4 Å². The molecular formula is C28H24FN5O3S. The van der Waals surface area contributed by atoms with Gasteiger partial charge in [-0.25, -0.2) is 14.4 Å². The van der Waals surface area contributed by atoms with Crippen LogP contribution in [0.4, 0.5) is 10.2 Å². The standard InChI is InChI=1S/C28H24FN5O3S/c1-16-24(33-27(37-16)19-3-2-4-20(29)11-19)15-38-28-23(13-31)25(22(12-30)26(32)34-28)18-8-5-17(6-9-18)7-10-21(36)14-35/h2-6,8-9,11,21,35-36H,7,10,14-15H2,1H3,(H2,32,34)/t21-/m0/s1. The lowest BCUT2D eigenvalue weighted by atomic mass is 9.95. The third-order valence-corrected chi connectivity index (χ3v) is 6.93. The van der Waals surface area contributed by atoms with Gasteiger partial charge in [-0.3, -0.25) is 0 Å². The summed E-state index contributed by atoms with van der Waals surface area (Å²) in [7, 11) is 0. The summed E-state index contributed by atoms with van der Waals surface area (Å²) in [5.41, 5.74) is 9.55. The topological polar surface area (TPSA) is 153 Å². The van der Waals surface area contributed by atoms with E-state index >= 15 is 0 Å². The summed E-state index contributed by atoms with van der Waals surface area (Å²) in [6, 6.07) is 17.5. The van der Waals surface area contributed by atoms with E-state index < -0.39 is 11.9 Å². The fourth-order valence-electron chi connectivity index (χ4n) is 3.90. The van der Waals surface area contributed by atoms with E-state index in [2.05, 4.69) is 22.1 Å². The maximum atomic E-state index is 13.6. The van der Waals surface area contributed by atoms with E-state index in [1.807, 2.05) is 12.1 Å². The Labute approximate surface area is 223 Å². The van der Waals surface area contributed by atoms with Crippen molar-refractivity contribution < 1.29 is 19.0 Å². The van der Waals surface area contributed by atoms with Gasteiger partial charge < -0.3 is 20.4 Å². The Morgan fingerprint density at radius 1 is 1.08 bits per heavy atom. The van der Waals surface area contributed by atoms with E-state index in [1.165, 1.54) is 23.9 Å². The average Bonchev–Trinajstić information content (AvgIpc) is 3.30. The first-order valence-corrected chi connectivity index (χ1v) is 12.7. The molecule has 0 bridgehead atoms. The summed E-state index contributed by atoms with van der Waals surface area (Å²) in [6.07, 6.45) is 0.184. The molecule has 4 N–H and O–H groups in total. The van der Waals surface area contributed by atoms with Gasteiger partial charge in [0.25, 0.3) is 0 Å². The highest BCUT2D eigenvalue weighted by Crippen LogP contribution is 2.37. The van der Waals surface area contributed by atoms with Crippen molar-refractivity contribution in [3.05, 3.63) is 82.5 Å². The Morgan fingerprint density at radius 3 is 2.47 bits per heavy atom. The smallest absolute Gasteiger partial charge is 0.226 e. The highest BCUT2D eigenvalue weighted by molar-refractivity contribution is 7.98. The number of nitriles is 2. The third-order valence-electron chi connectivity index (χ3n) is 5.95. The van der Waals surface area contributed by atoms with Crippen molar-refractivity contribution in [2.45, 2.75) is 36.6 Å². The van der Waals surface area contributed by atoms with E-state index in [4.69, 9.17) is 15.3 Å². The Kier molecular flexibility index (Phi) is 8.39. The largest absolute Gasteiger partial charge is 0.441 e. The molecule has 192 valence electrons. The number of anilines is 1. The summed E-state index contributed by atoms with van der Waals surface area (Å²) >= 11 is 1.24. The molecule has 2 aromatic heterocycles. The van der Waals surface area contributed by atoms with Crippen LogP contribution in [0.25, 0.3) is 22.6 Å². The molecule has 10 heteroatoms. The molecule has 0 spiro atoms. The number of oxazole rings is 1. The molecule has 0 saturated carbocycles. The van der Waals surface area contributed by atoms with Crippen molar-refractivity contribution in [1.82, 2.24) is 9.97 Å². The van der Waals surface area contributed by atoms with Gasteiger partial charge in [0.05, 0.1) is 24.0 Å². The van der Waals surface area contributed by atoms with E-state index in [9.17, 15) is 20.0 Å². The summed E-state index contributed by atoms with van der Waals surface area (Å²) in [6.45, 7) is 1.45. The van der Waals surface area contributed by atoms with E-state index in [-0.39, 0.29) is 29.4 Å². The molecule has 38 heavy (non-hydrogen) atoms. The van der Waals surface area contributed by atoms with Gasteiger partial charge in [0.15, 0.2) is 0 Å². The second-order valence-electron chi connectivity index (χ2n) is 8.54. The number of pyridine rings is 1. The molecule has 2 aromatic carbocycles. The van der Waals surface area contributed by atoms with Crippen molar-refractivity contribution in [2.24, 2.45) is 0 Å². The monoisotopic (exact) mass is 529 g/mol. The number of benzene rings is 2. The highest BCUT2D eigenvalue weighted by Gasteiger charge is 2.22. The van der Waals surface area contributed by atoms with Crippen LogP contribution >= 0.6 is 11.8 Å². The minimum absolute atomic E-state index is 0.0106. The lowest BCUT2D eigenvalue weighted by Crippen LogP contribution is -2.12. The summed E-state index contributed by atoms with van der Waals surface area (Å²) in [5, 5.41) is 38.8. The number of thioether (sulfide) groups is 1. The van der Waals surface area contributed by atoms with Crippen molar-refractivity contribution >= 4 is 17.6 Å². The number of halogens is 1.